The highest BCUT2D eigenvalue weighted by atomic mass is 35.5. The highest BCUT2D eigenvalue weighted by Gasteiger charge is 2.20. The molecule has 0 fully saturated rings. The Hall–Kier alpha value is -0.440. The molecule has 2 aromatic rings. The molecule has 0 saturated carbocycles. The number of aryl methyl sites for hydroxylation is 3. The summed E-state index contributed by atoms with van der Waals surface area (Å²) < 4.78 is 0. The van der Waals surface area contributed by atoms with E-state index in [0.717, 1.165) is 0 Å². The molecule has 0 bridgehead atoms. The van der Waals surface area contributed by atoms with Crippen LogP contribution in [0.1, 0.15) is 50.2 Å². The van der Waals surface area contributed by atoms with Crippen LogP contribution in [0, 0.1) is 0 Å². The minimum atomic E-state index is 0.0258. The van der Waals surface area contributed by atoms with Crippen LogP contribution in [-0.4, -0.2) is 5.75 Å². The second-order valence-electron chi connectivity index (χ2n) is 6.00. The van der Waals surface area contributed by atoms with Crippen LogP contribution in [0.4, 0.5) is 0 Å². The molecule has 4 rings (SSSR count). The third-order valence-corrected chi connectivity index (χ3v) is 7.49. The summed E-state index contributed by atoms with van der Waals surface area (Å²) in [5.41, 5.74) is 5.87. The monoisotopic (exact) mass is 334 g/mol. The van der Waals surface area contributed by atoms with Crippen molar-refractivity contribution in [3.05, 3.63) is 56.3 Å². The summed E-state index contributed by atoms with van der Waals surface area (Å²) >= 11 is 10.8. The van der Waals surface area contributed by atoms with Crippen molar-refractivity contribution in [3.63, 3.8) is 0 Å². The van der Waals surface area contributed by atoms with Gasteiger partial charge in [0.2, 0.25) is 0 Å². The van der Waals surface area contributed by atoms with Crippen molar-refractivity contribution < 1.29 is 0 Å². The summed E-state index contributed by atoms with van der Waals surface area (Å²) in [6, 6.07) is 9.26. The Labute approximate surface area is 139 Å². The van der Waals surface area contributed by atoms with Gasteiger partial charge < -0.3 is 0 Å². The highest BCUT2D eigenvalue weighted by Crippen LogP contribution is 2.40. The molecule has 0 amide bonds. The fourth-order valence-corrected chi connectivity index (χ4v) is 6.09. The van der Waals surface area contributed by atoms with E-state index in [2.05, 4.69) is 24.3 Å². The average Bonchev–Trinajstić information content (AvgIpc) is 2.97. The third-order valence-electron chi connectivity index (χ3n) is 4.56. The van der Waals surface area contributed by atoms with Crippen LogP contribution >= 0.6 is 34.7 Å². The lowest BCUT2D eigenvalue weighted by Crippen LogP contribution is -2.04. The van der Waals surface area contributed by atoms with Gasteiger partial charge in [-0.05, 0) is 66.2 Å². The first-order valence-corrected chi connectivity index (χ1v) is 10.2. The molecule has 2 aliphatic rings. The minimum Gasteiger partial charge on any atom is -0.157 e. The van der Waals surface area contributed by atoms with E-state index in [4.69, 9.17) is 11.6 Å². The molecule has 1 aromatic heterocycles. The van der Waals surface area contributed by atoms with E-state index in [1.54, 1.807) is 4.88 Å². The topological polar surface area (TPSA) is 0 Å². The predicted octanol–water partition coefficient (Wildman–Crippen LogP) is 5.74. The van der Waals surface area contributed by atoms with Crippen molar-refractivity contribution in [2.75, 3.05) is 5.75 Å². The summed E-state index contributed by atoms with van der Waals surface area (Å²) in [6.07, 6.45) is 6.36. The van der Waals surface area contributed by atoms with Crippen LogP contribution in [0.2, 0.25) is 0 Å². The maximum atomic E-state index is 6.80. The Balaban J connectivity index is 1.64. The molecule has 0 N–H and O–H groups in total. The predicted molar refractivity (Wildman–Crippen MR) is 95.0 cm³/mol. The molecule has 1 aliphatic heterocycles. The minimum absolute atomic E-state index is 0.0258. The van der Waals surface area contributed by atoms with Gasteiger partial charge in [-0.25, -0.2) is 0 Å². The molecule has 21 heavy (non-hydrogen) atoms. The first kappa shape index (κ1) is 14.2. The maximum Gasteiger partial charge on any atom is 0.0928 e. The van der Waals surface area contributed by atoms with Crippen LogP contribution in [0.25, 0.3) is 0 Å². The molecule has 1 aromatic carbocycles. The number of benzene rings is 1. The molecule has 110 valence electrons. The van der Waals surface area contributed by atoms with Gasteiger partial charge in [0.15, 0.2) is 0 Å². The molecule has 1 atom stereocenters. The third kappa shape index (κ3) is 2.78. The van der Waals surface area contributed by atoms with Crippen LogP contribution in [0.15, 0.2) is 24.3 Å². The summed E-state index contributed by atoms with van der Waals surface area (Å²) in [6.45, 7) is 0. The zero-order valence-electron chi connectivity index (χ0n) is 12.0. The van der Waals surface area contributed by atoms with Crippen molar-refractivity contribution in [1.29, 1.82) is 0 Å². The Morgan fingerprint density at radius 3 is 2.67 bits per heavy atom. The van der Waals surface area contributed by atoms with E-state index >= 15 is 0 Å². The normalized spacial score (nSPS) is 18.9. The first-order chi connectivity index (χ1) is 10.3. The van der Waals surface area contributed by atoms with Crippen LogP contribution in [-0.2, 0) is 25.0 Å². The van der Waals surface area contributed by atoms with E-state index in [-0.39, 0.29) is 5.38 Å². The van der Waals surface area contributed by atoms with Crippen molar-refractivity contribution in [2.45, 2.75) is 43.2 Å². The van der Waals surface area contributed by atoms with Gasteiger partial charge in [-0.15, -0.1) is 22.9 Å². The molecule has 0 radical (unpaired) electrons. The van der Waals surface area contributed by atoms with Crippen LogP contribution in [0.5, 0.6) is 0 Å². The van der Waals surface area contributed by atoms with Gasteiger partial charge in [-0.1, -0.05) is 18.2 Å². The molecule has 1 unspecified atom stereocenters. The van der Waals surface area contributed by atoms with Gasteiger partial charge in [-0.3, -0.25) is 0 Å². The molecule has 0 nitrogen and oxygen atoms in total. The van der Waals surface area contributed by atoms with Gasteiger partial charge in [0.05, 0.1) is 5.38 Å². The average molecular weight is 335 g/mol. The number of thiophene rings is 1. The maximum absolute atomic E-state index is 6.80. The van der Waals surface area contributed by atoms with Crippen LogP contribution < -0.4 is 0 Å². The molecule has 1 aliphatic carbocycles. The van der Waals surface area contributed by atoms with E-state index in [0.29, 0.717) is 0 Å². The molecule has 0 saturated heterocycles. The zero-order chi connectivity index (χ0) is 14.2. The number of alkyl halides is 1. The highest BCUT2D eigenvalue weighted by molar-refractivity contribution is 7.98. The number of fused-ring (bicyclic) bond motifs is 2. The van der Waals surface area contributed by atoms with Gasteiger partial charge >= 0.3 is 0 Å². The molecular weight excluding hydrogens is 316 g/mol. The number of halogens is 1. The Morgan fingerprint density at radius 1 is 0.952 bits per heavy atom. The molecule has 0 spiro atoms. The van der Waals surface area contributed by atoms with Gasteiger partial charge in [0.25, 0.3) is 0 Å². The summed E-state index contributed by atoms with van der Waals surface area (Å²) in [7, 11) is 0. The van der Waals surface area contributed by atoms with Gasteiger partial charge in [-0.2, -0.15) is 11.8 Å². The Morgan fingerprint density at radius 2 is 1.81 bits per heavy atom. The number of hydrogen-bond acceptors (Lipinski definition) is 2. The fourth-order valence-electron chi connectivity index (χ4n) is 3.37. The standard InChI is InChI=1S/C18H19ClS2/c19-18(17-10-15-11-20-8-7-16(15)21-17)14-6-5-12-3-1-2-4-13(12)9-14/h5-6,9-10,18H,1-4,7-8,11H2. The quantitative estimate of drug-likeness (QED) is 0.630. The smallest absolute Gasteiger partial charge is 0.0928 e. The van der Waals surface area contributed by atoms with Gasteiger partial charge in [0, 0.05) is 15.5 Å². The van der Waals surface area contributed by atoms with E-state index in [1.807, 2.05) is 23.1 Å². The number of hydrogen-bond donors (Lipinski definition) is 0. The summed E-state index contributed by atoms with van der Waals surface area (Å²) in [5.74, 6) is 2.43. The van der Waals surface area contributed by atoms with E-state index in [9.17, 15) is 0 Å². The number of rotatable bonds is 2. The zero-order valence-corrected chi connectivity index (χ0v) is 14.4. The molecule has 3 heteroatoms. The van der Waals surface area contributed by atoms with E-state index < -0.39 is 0 Å². The molecule has 2 heterocycles. The summed E-state index contributed by atoms with van der Waals surface area (Å²) in [4.78, 5) is 2.90. The molecular formula is C18H19ClS2. The lowest BCUT2D eigenvalue weighted by Gasteiger charge is -2.18. The second-order valence-corrected chi connectivity index (χ2v) is 8.71. The van der Waals surface area contributed by atoms with Crippen molar-refractivity contribution in [1.82, 2.24) is 0 Å². The second kappa shape index (κ2) is 5.98. The van der Waals surface area contributed by atoms with Crippen molar-refractivity contribution in [3.8, 4) is 0 Å². The Bertz CT molecular complexity index is 636. The largest absolute Gasteiger partial charge is 0.157 e. The van der Waals surface area contributed by atoms with Crippen LogP contribution in [0.3, 0.4) is 0 Å². The van der Waals surface area contributed by atoms with E-state index in [1.165, 1.54) is 70.7 Å². The SMILES string of the molecule is ClC(c1ccc2c(c1)CCCC2)c1cc2c(s1)CCSC2. The van der Waals surface area contributed by atoms with Gasteiger partial charge in [0.1, 0.15) is 0 Å². The van der Waals surface area contributed by atoms with Crippen molar-refractivity contribution in [2.24, 2.45) is 0 Å². The first-order valence-electron chi connectivity index (χ1n) is 7.76. The lowest BCUT2D eigenvalue weighted by atomic mass is 9.90. The lowest BCUT2D eigenvalue weighted by molar-refractivity contribution is 0.684. The number of thioether (sulfide) groups is 1. The Kier molecular flexibility index (Phi) is 4.04. The fraction of sp³-hybridized carbons (Fsp3) is 0.444. The summed E-state index contributed by atoms with van der Waals surface area (Å²) in [5, 5.41) is 0.0258. The van der Waals surface area contributed by atoms with Crippen molar-refractivity contribution >= 4 is 34.7 Å².